The van der Waals surface area contributed by atoms with Crippen molar-refractivity contribution in [3.05, 3.63) is 42.7 Å². The Morgan fingerprint density at radius 2 is 2.58 bits per heavy atom. The summed E-state index contributed by atoms with van der Waals surface area (Å²) in [6.45, 7) is 3.67. The maximum Gasteiger partial charge on any atom is 0.0428 e. The van der Waals surface area contributed by atoms with Gasteiger partial charge in [-0.05, 0) is 18.1 Å². The van der Waals surface area contributed by atoms with Gasteiger partial charge in [0.15, 0.2) is 0 Å². The summed E-state index contributed by atoms with van der Waals surface area (Å²) in [5.74, 6) is 5.29. The summed E-state index contributed by atoms with van der Waals surface area (Å²) in [5.41, 5.74) is 3.81. The van der Waals surface area contributed by atoms with E-state index in [4.69, 9.17) is 5.84 Å². The number of nitrogens with two attached hydrogens (primary N) is 1. The van der Waals surface area contributed by atoms with Gasteiger partial charge in [0.2, 0.25) is 0 Å². The minimum Gasteiger partial charge on any atom is -0.271 e. The van der Waals surface area contributed by atoms with Crippen molar-refractivity contribution >= 4 is 0 Å². The van der Waals surface area contributed by atoms with Crippen molar-refractivity contribution in [2.45, 2.75) is 12.5 Å². The van der Waals surface area contributed by atoms with Crippen molar-refractivity contribution in [1.29, 1.82) is 0 Å². The lowest BCUT2D eigenvalue weighted by atomic mass is 10.1. The van der Waals surface area contributed by atoms with Crippen LogP contribution in [0.3, 0.4) is 0 Å². The van der Waals surface area contributed by atoms with E-state index in [1.165, 1.54) is 0 Å². The van der Waals surface area contributed by atoms with Crippen LogP contribution in [-0.4, -0.2) is 11.0 Å². The number of hydrogen-bond donors (Lipinski definition) is 2. The standard InChI is InChI=1S/C9H13N3/c1-2-9(12-10)6-8-4-3-5-11-7-8/h2-5,7,9,12H,1,6,10H2. The minimum absolute atomic E-state index is 0.120. The summed E-state index contributed by atoms with van der Waals surface area (Å²) in [7, 11) is 0. The predicted molar refractivity (Wildman–Crippen MR) is 49.2 cm³/mol. The smallest absolute Gasteiger partial charge is 0.0428 e. The molecule has 0 saturated carbocycles. The van der Waals surface area contributed by atoms with Crippen molar-refractivity contribution in [3.63, 3.8) is 0 Å². The highest BCUT2D eigenvalue weighted by Crippen LogP contribution is 2.00. The molecule has 0 bridgehead atoms. The topological polar surface area (TPSA) is 50.9 Å². The van der Waals surface area contributed by atoms with Gasteiger partial charge in [-0.3, -0.25) is 16.3 Å². The first-order valence-electron chi connectivity index (χ1n) is 3.84. The molecule has 0 fully saturated rings. The average molecular weight is 163 g/mol. The summed E-state index contributed by atoms with van der Waals surface area (Å²) >= 11 is 0. The molecule has 3 nitrogen and oxygen atoms in total. The van der Waals surface area contributed by atoms with E-state index in [0.717, 1.165) is 12.0 Å². The van der Waals surface area contributed by atoms with Crippen molar-refractivity contribution in [1.82, 2.24) is 10.4 Å². The molecule has 1 aromatic heterocycles. The van der Waals surface area contributed by atoms with Crippen molar-refractivity contribution in [2.75, 3.05) is 0 Å². The number of hydrazine groups is 1. The lowest BCUT2D eigenvalue weighted by molar-refractivity contribution is 0.617. The Hall–Kier alpha value is -1.19. The molecule has 0 saturated heterocycles. The van der Waals surface area contributed by atoms with E-state index in [1.54, 1.807) is 12.3 Å². The zero-order chi connectivity index (χ0) is 8.81. The summed E-state index contributed by atoms with van der Waals surface area (Å²) in [5, 5.41) is 0. The molecule has 0 aliphatic rings. The highest BCUT2D eigenvalue weighted by Gasteiger charge is 2.01. The fourth-order valence-electron chi connectivity index (χ4n) is 0.983. The Morgan fingerprint density at radius 1 is 1.75 bits per heavy atom. The van der Waals surface area contributed by atoms with Crippen LogP contribution in [0.4, 0.5) is 0 Å². The molecular formula is C9H13N3. The third kappa shape index (κ3) is 2.45. The van der Waals surface area contributed by atoms with Crippen LogP contribution in [0.1, 0.15) is 5.56 Å². The molecule has 1 unspecified atom stereocenters. The molecule has 1 heterocycles. The zero-order valence-electron chi connectivity index (χ0n) is 6.90. The Kier molecular flexibility index (Phi) is 3.44. The van der Waals surface area contributed by atoms with Crippen LogP contribution in [-0.2, 0) is 6.42 Å². The van der Waals surface area contributed by atoms with Crippen molar-refractivity contribution in [3.8, 4) is 0 Å². The molecule has 0 spiro atoms. The molecule has 0 aliphatic carbocycles. The molecule has 1 atom stereocenters. The Morgan fingerprint density at radius 3 is 3.08 bits per heavy atom. The van der Waals surface area contributed by atoms with Gasteiger partial charge in [0.05, 0.1) is 0 Å². The number of rotatable bonds is 4. The zero-order valence-corrected chi connectivity index (χ0v) is 6.90. The second-order valence-electron chi connectivity index (χ2n) is 2.57. The predicted octanol–water partition coefficient (Wildman–Crippen LogP) is 0.642. The first kappa shape index (κ1) is 8.90. The Balaban J connectivity index is 2.56. The normalized spacial score (nSPS) is 12.4. The quantitative estimate of drug-likeness (QED) is 0.389. The van der Waals surface area contributed by atoms with Gasteiger partial charge in [0.1, 0.15) is 0 Å². The highest BCUT2D eigenvalue weighted by molar-refractivity contribution is 5.11. The summed E-state index contributed by atoms with van der Waals surface area (Å²) in [6, 6.07) is 4.04. The fraction of sp³-hybridized carbons (Fsp3) is 0.222. The van der Waals surface area contributed by atoms with E-state index < -0.39 is 0 Å². The molecule has 0 radical (unpaired) electrons. The molecule has 0 aromatic carbocycles. The molecule has 3 heteroatoms. The van der Waals surface area contributed by atoms with Crippen LogP contribution >= 0.6 is 0 Å². The molecule has 12 heavy (non-hydrogen) atoms. The van der Waals surface area contributed by atoms with Gasteiger partial charge in [-0.2, -0.15) is 0 Å². The van der Waals surface area contributed by atoms with E-state index in [1.807, 2.05) is 18.3 Å². The second kappa shape index (κ2) is 4.64. The van der Waals surface area contributed by atoms with Crippen LogP contribution in [0.2, 0.25) is 0 Å². The number of pyridine rings is 1. The van der Waals surface area contributed by atoms with Crippen LogP contribution < -0.4 is 11.3 Å². The molecule has 3 N–H and O–H groups in total. The first-order chi connectivity index (χ1) is 5.86. The van der Waals surface area contributed by atoms with Crippen molar-refractivity contribution in [2.24, 2.45) is 5.84 Å². The molecular weight excluding hydrogens is 150 g/mol. The maximum absolute atomic E-state index is 5.29. The lowest BCUT2D eigenvalue weighted by Crippen LogP contribution is -2.34. The van der Waals surface area contributed by atoms with Crippen LogP contribution in [0.5, 0.6) is 0 Å². The van der Waals surface area contributed by atoms with Gasteiger partial charge >= 0.3 is 0 Å². The Bertz CT molecular complexity index is 233. The van der Waals surface area contributed by atoms with Crippen LogP contribution in [0, 0.1) is 0 Å². The van der Waals surface area contributed by atoms with Gasteiger partial charge in [0.25, 0.3) is 0 Å². The largest absolute Gasteiger partial charge is 0.271 e. The number of hydrogen-bond acceptors (Lipinski definition) is 3. The second-order valence-corrected chi connectivity index (χ2v) is 2.57. The fourth-order valence-corrected chi connectivity index (χ4v) is 0.983. The van der Waals surface area contributed by atoms with E-state index in [2.05, 4.69) is 17.0 Å². The molecule has 1 aromatic rings. The molecule has 0 amide bonds. The van der Waals surface area contributed by atoms with Gasteiger partial charge in [0, 0.05) is 18.4 Å². The monoisotopic (exact) mass is 163 g/mol. The van der Waals surface area contributed by atoms with E-state index in [-0.39, 0.29) is 6.04 Å². The third-order valence-corrected chi connectivity index (χ3v) is 1.68. The molecule has 64 valence electrons. The minimum atomic E-state index is 0.120. The van der Waals surface area contributed by atoms with Crippen LogP contribution in [0.25, 0.3) is 0 Å². The number of nitrogens with zero attached hydrogens (tertiary/aromatic N) is 1. The summed E-state index contributed by atoms with van der Waals surface area (Å²) in [4.78, 5) is 4.00. The third-order valence-electron chi connectivity index (χ3n) is 1.68. The van der Waals surface area contributed by atoms with Gasteiger partial charge in [-0.15, -0.1) is 6.58 Å². The average Bonchev–Trinajstić information content (AvgIpc) is 2.16. The van der Waals surface area contributed by atoms with Crippen molar-refractivity contribution < 1.29 is 0 Å². The van der Waals surface area contributed by atoms with Gasteiger partial charge < -0.3 is 0 Å². The first-order valence-corrected chi connectivity index (χ1v) is 3.84. The van der Waals surface area contributed by atoms with Gasteiger partial charge in [-0.1, -0.05) is 12.1 Å². The van der Waals surface area contributed by atoms with E-state index in [0.29, 0.717) is 0 Å². The van der Waals surface area contributed by atoms with E-state index >= 15 is 0 Å². The summed E-state index contributed by atoms with van der Waals surface area (Å²) in [6.07, 6.45) is 6.19. The highest BCUT2D eigenvalue weighted by atomic mass is 15.2. The SMILES string of the molecule is C=CC(Cc1cccnc1)NN. The molecule has 0 aliphatic heterocycles. The van der Waals surface area contributed by atoms with E-state index in [9.17, 15) is 0 Å². The lowest BCUT2D eigenvalue weighted by Gasteiger charge is -2.09. The van der Waals surface area contributed by atoms with Crippen LogP contribution in [0.15, 0.2) is 37.2 Å². The summed E-state index contributed by atoms with van der Waals surface area (Å²) < 4.78 is 0. The molecule has 1 rings (SSSR count). The maximum atomic E-state index is 5.29. The number of aromatic nitrogens is 1. The Labute approximate surface area is 72.3 Å². The number of nitrogens with one attached hydrogen (secondary N) is 1. The van der Waals surface area contributed by atoms with Gasteiger partial charge in [-0.25, -0.2) is 0 Å².